The van der Waals surface area contributed by atoms with Crippen molar-refractivity contribution in [2.45, 2.75) is 58.2 Å². The zero-order valence-corrected chi connectivity index (χ0v) is 18.5. The summed E-state index contributed by atoms with van der Waals surface area (Å²) in [7, 11) is 0. The predicted molar refractivity (Wildman–Crippen MR) is 116 cm³/mol. The number of hydrogen-bond acceptors (Lipinski definition) is 4. The van der Waals surface area contributed by atoms with Gasteiger partial charge in [0, 0.05) is 37.7 Å². The smallest absolute Gasteiger partial charge is 0.338 e. The summed E-state index contributed by atoms with van der Waals surface area (Å²) in [6.45, 7) is 3.18. The summed E-state index contributed by atoms with van der Waals surface area (Å²) in [4.78, 5) is 35.5. The van der Waals surface area contributed by atoms with Crippen LogP contribution in [-0.4, -0.2) is 33.2 Å². The van der Waals surface area contributed by atoms with E-state index in [9.17, 15) is 22.8 Å². The molecular weight excluding hydrogens is 433 g/mol. The van der Waals surface area contributed by atoms with Crippen LogP contribution in [0.25, 0.3) is 0 Å². The van der Waals surface area contributed by atoms with Crippen LogP contribution in [0.4, 0.5) is 19.1 Å². The third-order valence-corrected chi connectivity index (χ3v) is 6.59. The molecule has 0 spiro atoms. The molecule has 0 bridgehead atoms. The van der Waals surface area contributed by atoms with Crippen LogP contribution < -0.4 is 5.32 Å². The van der Waals surface area contributed by atoms with E-state index < -0.39 is 23.2 Å². The van der Waals surface area contributed by atoms with E-state index in [0.717, 1.165) is 36.5 Å². The molecule has 0 atom stereocenters. The number of amides is 2. The van der Waals surface area contributed by atoms with Crippen molar-refractivity contribution in [2.75, 3.05) is 11.9 Å². The first-order chi connectivity index (χ1) is 15.7. The maximum Gasteiger partial charge on any atom is 0.417 e. The van der Waals surface area contributed by atoms with Gasteiger partial charge >= 0.3 is 6.18 Å². The topological polar surface area (TPSA) is 75.2 Å². The maximum atomic E-state index is 13.2. The Hall–Kier alpha value is -2.97. The zero-order valence-electron chi connectivity index (χ0n) is 18.5. The number of rotatable bonds is 4. The Morgan fingerprint density at radius 3 is 2.61 bits per heavy atom. The number of nitrogens with zero attached hydrogens (tertiary/aromatic N) is 3. The molecule has 0 saturated heterocycles. The van der Waals surface area contributed by atoms with Crippen LogP contribution in [0.15, 0.2) is 30.5 Å². The molecule has 9 heteroatoms. The number of fused-ring (bicyclic) bond motifs is 1. The fourth-order valence-corrected chi connectivity index (χ4v) is 4.60. The van der Waals surface area contributed by atoms with E-state index in [2.05, 4.69) is 22.2 Å². The Morgan fingerprint density at radius 1 is 1.15 bits per heavy atom. The second-order valence-corrected chi connectivity index (χ2v) is 9.06. The lowest BCUT2D eigenvalue weighted by Gasteiger charge is -2.31. The molecule has 0 radical (unpaired) electrons. The van der Waals surface area contributed by atoms with E-state index in [1.54, 1.807) is 0 Å². The van der Waals surface area contributed by atoms with Crippen LogP contribution in [0.1, 0.15) is 66.2 Å². The van der Waals surface area contributed by atoms with Crippen molar-refractivity contribution in [3.63, 3.8) is 0 Å². The molecule has 0 unspecified atom stereocenters. The van der Waals surface area contributed by atoms with E-state index >= 15 is 0 Å². The molecule has 2 aromatic rings. The average molecular weight is 461 g/mol. The highest BCUT2D eigenvalue weighted by molar-refractivity contribution is 6.04. The summed E-state index contributed by atoms with van der Waals surface area (Å²) in [5, 5.41) is 2.37. The van der Waals surface area contributed by atoms with E-state index in [-0.39, 0.29) is 11.9 Å². The molecule has 1 fully saturated rings. The summed E-state index contributed by atoms with van der Waals surface area (Å²) < 4.78 is 39.6. The molecule has 2 aliphatic rings. The molecule has 1 aliphatic heterocycles. The highest BCUT2D eigenvalue weighted by Crippen LogP contribution is 2.33. The van der Waals surface area contributed by atoms with Crippen LogP contribution >= 0.6 is 0 Å². The number of benzene rings is 1. The number of alkyl halides is 3. The van der Waals surface area contributed by atoms with Gasteiger partial charge in [-0.3, -0.25) is 14.9 Å². The molecule has 1 aromatic heterocycles. The number of anilines is 1. The van der Waals surface area contributed by atoms with Gasteiger partial charge in [0.05, 0.1) is 16.8 Å². The van der Waals surface area contributed by atoms with E-state index in [1.807, 2.05) is 4.90 Å². The van der Waals surface area contributed by atoms with Gasteiger partial charge in [-0.25, -0.2) is 9.97 Å². The summed E-state index contributed by atoms with van der Waals surface area (Å²) >= 11 is 0. The monoisotopic (exact) mass is 460 g/mol. The zero-order chi connectivity index (χ0) is 23.6. The second kappa shape index (κ2) is 9.49. The van der Waals surface area contributed by atoms with E-state index in [0.29, 0.717) is 37.5 Å². The Labute approximate surface area is 190 Å². The maximum absolute atomic E-state index is 13.2. The number of carbonyl (C=O) groups excluding carboxylic acids is 2. The number of carbonyl (C=O) groups is 2. The van der Waals surface area contributed by atoms with Crippen molar-refractivity contribution in [3.8, 4) is 0 Å². The van der Waals surface area contributed by atoms with Crippen molar-refractivity contribution in [1.29, 1.82) is 0 Å². The SMILES string of the molecule is CC1CCC(CC(=O)N2CCc3nc(NC(=O)c4ccccc4C(F)(F)F)ncc3C2)CC1. The third-order valence-electron chi connectivity index (χ3n) is 6.59. The van der Waals surface area contributed by atoms with Crippen LogP contribution in [0.3, 0.4) is 0 Å². The molecule has 4 rings (SSSR count). The van der Waals surface area contributed by atoms with Crippen LogP contribution in [0.5, 0.6) is 0 Å². The third kappa shape index (κ3) is 5.51. The number of hydrogen-bond donors (Lipinski definition) is 1. The summed E-state index contributed by atoms with van der Waals surface area (Å²) in [5.74, 6) is 0.362. The van der Waals surface area contributed by atoms with Crippen molar-refractivity contribution in [3.05, 3.63) is 52.8 Å². The normalized spacial score (nSPS) is 20.8. The number of nitrogens with one attached hydrogen (secondary N) is 1. The van der Waals surface area contributed by atoms with Gasteiger partial charge in [-0.15, -0.1) is 0 Å². The predicted octanol–water partition coefficient (Wildman–Crippen LogP) is 4.85. The molecule has 1 aromatic carbocycles. The Balaban J connectivity index is 1.39. The fraction of sp³-hybridized carbons (Fsp3) is 0.500. The van der Waals surface area contributed by atoms with Crippen molar-refractivity contribution in [1.82, 2.24) is 14.9 Å². The first kappa shape index (κ1) is 23.2. The molecule has 2 heterocycles. The van der Waals surface area contributed by atoms with Crippen molar-refractivity contribution >= 4 is 17.8 Å². The fourth-order valence-electron chi connectivity index (χ4n) is 4.60. The summed E-state index contributed by atoms with van der Waals surface area (Å²) in [5.41, 5.74) is -0.0114. The van der Waals surface area contributed by atoms with E-state index in [4.69, 9.17) is 0 Å². The summed E-state index contributed by atoms with van der Waals surface area (Å²) in [6.07, 6.45) is 2.52. The minimum absolute atomic E-state index is 0.0492. The van der Waals surface area contributed by atoms with Gasteiger partial charge in [0.15, 0.2) is 0 Å². The highest BCUT2D eigenvalue weighted by atomic mass is 19.4. The van der Waals surface area contributed by atoms with Crippen molar-refractivity contribution < 1.29 is 22.8 Å². The lowest BCUT2D eigenvalue weighted by molar-refractivity contribution is -0.138. The Bertz CT molecular complexity index is 1030. The van der Waals surface area contributed by atoms with Gasteiger partial charge in [-0.1, -0.05) is 31.9 Å². The molecule has 1 saturated carbocycles. The lowest BCUT2D eigenvalue weighted by Crippen LogP contribution is -2.37. The minimum atomic E-state index is -4.64. The van der Waals surface area contributed by atoms with Crippen molar-refractivity contribution in [2.24, 2.45) is 11.8 Å². The van der Waals surface area contributed by atoms with Gasteiger partial charge in [0.2, 0.25) is 11.9 Å². The molecule has 176 valence electrons. The van der Waals surface area contributed by atoms with E-state index in [1.165, 1.54) is 31.2 Å². The van der Waals surface area contributed by atoms with Crippen LogP contribution in [0, 0.1) is 11.8 Å². The summed E-state index contributed by atoms with van der Waals surface area (Å²) in [6, 6.07) is 4.59. The van der Waals surface area contributed by atoms with Gasteiger partial charge < -0.3 is 4.90 Å². The first-order valence-electron chi connectivity index (χ1n) is 11.3. The van der Waals surface area contributed by atoms with Gasteiger partial charge in [0.1, 0.15) is 0 Å². The average Bonchev–Trinajstić information content (AvgIpc) is 2.79. The highest BCUT2D eigenvalue weighted by Gasteiger charge is 2.35. The molecule has 33 heavy (non-hydrogen) atoms. The first-order valence-corrected chi connectivity index (χ1v) is 11.3. The second-order valence-electron chi connectivity index (χ2n) is 9.06. The number of aromatic nitrogens is 2. The van der Waals surface area contributed by atoms with Crippen LogP contribution in [-0.2, 0) is 23.9 Å². The quantitative estimate of drug-likeness (QED) is 0.708. The minimum Gasteiger partial charge on any atom is -0.338 e. The molecular formula is C24H27F3N4O2. The molecule has 1 N–H and O–H groups in total. The van der Waals surface area contributed by atoms with Gasteiger partial charge in [0.25, 0.3) is 5.91 Å². The molecule has 2 amide bonds. The lowest BCUT2D eigenvalue weighted by atomic mass is 9.81. The Kier molecular flexibility index (Phi) is 6.67. The molecule has 6 nitrogen and oxygen atoms in total. The largest absolute Gasteiger partial charge is 0.417 e. The Morgan fingerprint density at radius 2 is 1.88 bits per heavy atom. The van der Waals surface area contributed by atoms with Crippen LogP contribution in [0.2, 0.25) is 0 Å². The number of halogens is 3. The standard InChI is InChI=1S/C24H27F3N4O2/c1-15-6-8-16(9-7-15)12-21(32)31-11-10-20-17(14-31)13-28-23(29-20)30-22(33)18-4-2-3-5-19(18)24(25,26)27/h2-5,13,15-16H,6-12,14H2,1H3,(H,28,29,30,33). The van der Waals surface area contributed by atoms with Gasteiger partial charge in [-0.2, -0.15) is 13.2 Å². The van der Waals surface area contributed by atoms with Gasteiger partial charge in [-0.05, 0) is 36.8 Å². The molecule has 1 aliphatic carbocycles.